The Morgan fingerprint density at radius 1 is 1.31 bits per heavy atom. The Labute approximate surface area is 104 Å². The van der Waals surface area contributed by atoms with E-state index in [1.165, 1.54) is 24.9 Å². The normalized spacial score (nSPS) is 17.7. The summed E-state index contributed by atoms with van der Waals surface area (Å²) in [5.74, 6) is 1.51. The summed E-state index contributed by atoms with van der Waals surface area (Å²) in [6.07, 6.45) is 2.78. The summed E-state index contributed by atoms with van der Waals surface area (Å²) in [7, 11) is 0. The highest BCUT2D eigenvalue weighted by Gasteiger charge is 2.29. The number of nitrogens with zero attached hydrogens (tertiary/aromatic N) is 1. The van der Waals surface area contributed by atoms with Crippen molar-refractivity contribution in [2.75, 3.05) is 18.8 Å². The molecule has 1 fully saturated rings. The van der Waals surface area contributed by atoms with E-state index in [0.29, 0.717) is 5.92 Å². The van der Waals surface area contributed by atoms with Gasteiger partial charge in [0.15, 0.2) is 0 Å². The quantitative estimate of drug-likeness (QED) is 0.741. The van der Waals surface area contributed by atoms with Gasteiger partial charge >= 0.3 is 0 Å². The van der Waals surface area contributed by atoms with Gasteiger partial charge in [-0.2, -0.15) is 12.6 Å². The van der Waals surface area contributed by atoms with Gasteiger partial charge in [0, 0.05) is 18.5 Å². The summed E-state index contributed by atoms with van der Waals surface area (Å²) < 4.78 is 0. The molecule has 2 rings (SSSR count). The van der Waals surface area contributed by atoms with Gasteiger partial charge in [0.2, 0.25) is 0 Å². The molecule has 0 heterocycles. The number of hydrogen-bond acceptors (Lipinski definition) is 2. The van der Waals surface area contributed by atoms with Crippen molar-refractivity contribution in [1.29, 1.82) is 0 Å². The van der Waals surface area contributed by atoms with Gasteiger partial charge in [0.1, 0.15) is 0 Å². The molecule has 0 bridgehead atoms. The van der Waals surface area contributed by atoms with Gasteiger partial charge in [-0.05, 0) is 30.7 Å². The third-order valence-electron chi connectivity index (χ3n) is 3.42. The van der Waals surface area contributed by atoms with Gasteiger partial charge in [-0.25, -0.2) is 0 Å². The summed E-state index contributed by atoms with van der Waals surface area (Å²) in [5, 5.41) is 0. The smallest absolute Gasteiger partial charge is 0.00965 e. The van der Waals surface area contributed by atoms with E-state index in [9.17, 15) is 0 Å². The van der Waals surface area contributed by atoms with E-state index in [-0.39, 0.29) is 0 Å². The monoisotopic (exact) mass is 235 g/mol. The minimum absolute atomic E-state index is 0.574. The lowest BCUT2D eigenvalue weighted by molar-refractivity contribution is 0.265. The van der Waals surface area contributed by atoms with Gasteiger partial charge in [-0.1, -0.05) is 37.3 Å². The number of rotatable bonds is 6. The summed E-state index contributed by atoms with van der Waals surface area (Å²) in [6, 6.07) is 11.6. The molecule has 0 spiro atoms. The van der Waals surface area contributed by atoms with E-state index in [4.69, 9.17) is 0 Å². The summed E-state index contributed by atoms with van der Waals surface area (Å²) >= 11 is 4.50. The fraction of sp³-hybridized carbons (Fsp3) is 0.571. The number of hydrogen-bond donors (Lipinski definition) is 1. The molecule has 0 aromatic heterocycles. The molecular weight excluding hydrogens is 214 g/mol. The zero-order valence-corrected chi connectivity index (χ0v) is 10.9. The lowest BCUT2D eigenvalue weighted by Gasteiger charge is -2.25. The average Bonchev–Trinajstić information content (AvgIpc) is 3.16. The molecule has 1 aromatic rings. The third-order valence-corrected chi connectivity index (χ3v) is 3.86. The number of benzene rings is 1. The lowest BCUT2D eigenvalue weighted by Crippen LogP contribution is -2.31. The zero-order chi connectivity index (χ0) is 11.4. The molecule has 88 valence electrons. The lowest BCUT2D eigenvalue weighted by atomic mass is 10.0. The second-order valence-corrected chi connectivity index (χ2v) is 4.97. The fourth-order valence-corrected chi connectivity index (χ4v) is 2.58. The number of likely N-dealkylation sites (N-methyl/N-ethyl adjacent to an activating group) is 1. The van der Waals surface area contributed by atoms with Crippen molar-refractivity contribution < 1.29 is 0 Å². The first-order valence-electron chi connectivity index (χ1n) is 6.25. The minimum Gasteiger partial charge on any atom is -0.300 e. The summed E-state index contributed by atoms with van der Waals surface area (Å²) in [6.45, 7) is 4.59. The molecule has 0 N–H and O–H groups in total. The molecule has 1 unspecified atom stereocenters. The molecule has 1 aromatic carbocycles. The van der Waals surface area contributed by atoms with E-state index in [0.717, 1.165) is 18.3 Å². The first-order valence-corrected chi connectivity index (χ1v) is 6.88. The SMILES string of the molecule is CCN(CC(CS)c1ccccc1)C1CC1. The third kappa shape index (κ3) is 3.02. The Morgan fingerprint density at radius 2 is 2.00 bits per heavy atom. The van der Waals surface area contributed by atoms with E-state index in [1.807, 2.05) is 0 Å². The molecule has 0 saturated heterocycles. The second-order valence-electron chi connectivity index (χ2n) is 4.61. The molecule has 1 aliphatic carbocycles. The first kappa shape index (κ1) is 12.0. The van der Waals surface area contributed by atoms with Gasteiger partial charge in [-0.3, -0.25) is 0 Å². The van der Waals surface area contributed by atoms with Crippen molar-refractivity contribution in [3.8, 4) is 0 Å². The van der Waals surface area contributed by atoms with Crippen LogP contribution in [0.4, 0.5) is 0 Å². The van der Waals surface area contributed by atoms with Crippen LogP contribution < -0.4 is 0 Å². The fourth-order valence-electron chi connectivity index (χ4n) is 2.25. The molecule has 16 heavy (non-hydrogen) atoms. The van der Waals surface area contributed by atoms with Gasteiger partial charge in [-0.15, -0.1) is 0 Å². The Balaban J connectivity index is 1.99. The van der Waals surface area contributed by atoms with Crippen molar-refractivity contribution in [1.82, 2.24) is 4.90 Å². The maximum atomic E-state index is 4.50. The van der Waals surface area contributed by atoms with Crippen LogP contribution in [0.15, 0.2) is 30.3 Å². The van der Waals surface area contributed by atoms with Crippen LogP contribution >= 0.6 is 12.6 Å². The molecule has 1 saturated carbocycles. The summed E-state index contributed by atoms with van der Waals surface area (Å²) in [5.41, 5.74) is 1.43. The van der Waals surface area contributed by atoms with E-state index >= 15 is 0 Å². The standard InChI is InChI=1S/C14H21NS/c1-2-15(14-8-9-14)10-13(11-16)12-6-4-3-5-7-12/h3-7,13-14,16H,2,8-11H2,1H3. The highest BCUT2D eigenvalue weighted by Crippen LogP contribution is 2.29. The summed E-state index contributed by atoms with van der Waals surface area (Å²) in [4.78, 5) is 2.61. The van der Waals surface area contributed by atoms with Crippen LogP contribution in [-0.2, 0) is 0 Å². The highest BCUT2D eigenvalue weighted by atomic mass is 32.1. The van der Waals surface area contributed by atoms with Crippen LogP contribution in [0.3, 0.4) is 0 Å². The Morgan fingerprint density at radius 3 is 2.50 bits per heavy atom. The predicted octanol–water partition coefficient (Wildman–Crippen LogP) is 3.18. The van der Waals surface area contributed by atoms with Crippen molar-refractivity contribution >= 4 is 12.6 Å². The molecule has 1 atom stereocenters. The van der Waals surface area contributed by atoms with Crippen LogP contribution in [-0.4, -0.2) is 29.8 Å². The molecule has 1 nitrogen and oxygen atoms in total. The Kier molecular flexibility index (Phi) is 4.30. The van der Waals surface area contributed by atoms with Crippen LogP contribution in [0.2, 0.25) is 0 Å². The minimum atomic E-state index is 0.574. The van der Waals surface area contributed by atoms with Gasteiger partial charge < -0.3 is 4.90 Å². The van der Waals surface area contributed by atoms with Crippen molar-refractivity contribution in [3.63, 3.8) is 0 Å². The molecule has 0 radical (unpaired) electrons. The van der Waals surface area contributed by atoms with Crippen LogP contribution in [0, 0.1) is 0 Å². The molecule has 1 aliphatic rings. The van der Waals surface area contributed by atoms with Gasteiger partial charge in [0.25, 0.3) is 0 Å². The Bertz CT molecular complexity index is 308. The first-order chi connectivity index (χ1) is 7.85. The molecule has 0 amide bonds. The van der Waals surface area contributed by atoms with Crippen LogP contribution in [0.25, 0.3) is 0 Å². The topological polar surface area (TPSA) is 3.24 Å². The van der Waals surface area contributed by atoms with Crippen molar-refractivity contribution in [2.45, 2.75) is 31.7 Å². The molecule has 2 heteroatoms. The van der Waals surface area contributed by atoms with E-state index in [1.54, 1.807) is 0 Å². The largest absolute Gasteiger partial charge is 0.300 e. The molecular formula is C14H21NS. The van der Waals surface area contributed by atoms with Gasteiger partial charge in [0.05, 0.1) is 0 Å². The van der Waals surface area contributed by atoms with Crippen LogP contribution in [0.1, 0.15) is 31.2 Å². The average molecular weight is 235 g/mol. The Hall–Kier alpha value is -0.470. The van der Waals surface area contributed by atoms with E-state index in [2.05, 4.69) is 54.8 Å². The van der Waals surface area contributed by atoms with Crippen molar-refractivity contribution in [2.24, 2.45) is 0 Å². The highest BCUT2D eigenvalue weighted by molar-refractivity contribution is 7.80. The molecule has 0 aliphatic heterocycles. The second kappa shape index (κ2) is 5.74. The predicted molar refractivity (Wildman–Crippen MR) is 73.3 cm³/mol. The maximum absolute atomic E-state index is 4.50. The zero-order valence-electron chi connectivity index (χ0n) is 9.97. The number of thiol groups is 1. The van der Waals surface area contributed by atoms with Crippen molar-refractivity contribution in [3.05, 3.63) is 35.9 Å². The van der Waals surface area contributed by atoms with E-state index < -0.39 is 0 Å². The van der Waals surface area contributed by atoms with Crippen LogP contribution in [0.5, 0.6) is 0 Å². The maximum Gasteiger partial charge on any atom is 0.00965 e.